The fourth-order valence-electron chi connectivity index (χ4n) is 2.37. The van der Waals surface area contributed by atoms with Gasteiger partial charge in [-0.15, -0.1) is 0 Å². The number of fused-ring (bicyclic) bond motifs is 1. The van der Waals surface area contributed by atoms with Gasteiger partial charge in [-0.3, -0.25) is 4.79 Å². The third-order valence-corrected chi connectivity index (χ3v) is 3.66. The molecule has 0 aliphatic rings. The highest BCUT2D eigenvalue weighted by Gasteiger charge is 2.19. The molecule has 2 atom stereocenters. The summed E-state index contributed by atoms with van der Waals surface area (Å²) in [6, 6.07) is 18.8. The first kappa shape index (κ1) is 15.2. The number of rotatable bonds is 5. The molecular formula is C19H19NO3. The Hall–Kier alpha value is -2.75. The summed E-state index contributed by atoms with van der Waals surface area (Å²) in [5.74, 6) is 1.22. The molecular weight excluding hydrogens is 290 g/mol. The number of ether oxygens (including phenoxy) is 1. The van der Waals surface area contributed by atoms with Crippen LogP contribution in [0.5, 0.6) is 5.75 Å². The summed E-state index contributed by atoms with van der Waals surface area (Å²) in [5, 5.41) is 3.94. The largest absolute Gasteiger partial charge is 0.481 e. The Morgan fingerprint density at radius 3 is 2.48 bits per heavy atom. The van der Waals surface area contributed by atoms with E-state index < -0.39 is 6.10 Å². The van der Waals surface area contributed by atoms with E-state index in [-0.39, 0.29) is 11.9 Å². The van der Waals surface area contributed by atoms with Crippen molar-refractivity contribution in [2.75, 3.05) is 0 Å². The van der Waals surface area contributed by atoms with E-state index in [1.165, 1.54) is 0 Å². The molecule has 0 spiro atoms. The molecule has 0 saturated heterocycles. The molecule has 3 aromatic rings. The number of amides is 1. The monoisotopic (exact) mass is 309 g/mol. The van der Waals surface area contributed by atoms with Gasteiger partial charge in [-0.05, 0) is 38.1 Å². The van der Waals surface area contributed by atoms with E-state index in [1.54, 1.807) is 6.92 Å². The molecule has 0 fully saturated rings. The van der Waals surface area contributed by atoms with Gasteiger partial charge in [-0.1, -0.05) is 36.4 Å². The molecule has 2 unspecified atom stereocenters. The molecule has 118 valence electrons. The van der Waals surface area contributed by atoms with Crippen molar-refractivity contribution in [3.63, 3.8) is 0 Å². The minimum absolute atomic E-state index is 0.179. The van der Waals surface area contributed by atoms with Crippen molar-refractivity contribution in [3.8, 4) is 5.75 Å². The van der Waals surface area contributed by atoms with Crippen LogP contribution in [-0.4, -0.2) is 12.0 Å². The summed E-state index contributed by atoms with van der Waals surface area (Å²) in [6.45, 7) is 3.62. The van der Waals surface area contributed by atoms with Crippen LogP contribution in [0, 0.1) is 0 Å². The van der Waals surface area contributed by atoms with Crippen LogP contribution in [-0.2, 0) is 4.79 Å². The number of furan rings is 1. The molecule has 2 aromatic carbocycles. The SMILES string of the molecule is CC(Oc1ccccc1)C(=O)NC(C)c1cc2ccccc2o1. The second kappa shape index (κ2) is 6.57. The molecule has 0 aliphatic carbocycles. The first-order valence-electron chi connectivity index (χ1n) is 7.64. The van der Waals surface area contributed by atoms with Crippen LogP contribution in [0.15, 0.2) is 65.1 Å². The van der Waals surface area contributed by atoms with Crippen molar-refractivity contribution in [3.05, 3.63) is 66.4 Å². The van der Waals surface area contributed by atoms with E-state index in [0.29, 0.717) is 5.75 Å². The van der Waals surface area contributed by atoms with Crippen molar-refractivity contribution in [1.82, 2.24) is 5.32 Å². The van der Waals surface area contributed by atoms with Crippen molar-refractivity contribution in [2.24, 2.45) is 0 Å². The molecule has 0 bridgehead atoms. The quantitative estimate of drug-likeness (QED) is 0.772. The van der Waals surface area contributed by atoms with Gasteiger partial charge in [0.1, 0.15) is 17.1 Å². The number of hydrogen-bond acceptors (Lipinski definition) is 3. The molecule has 0 saturated carbocycles. The normalized spacial score (nSPS) is 13.5. The lowest BCUT2D eigenvalue weighted by atomic mass is 10.2. The molecule has 4 nitrogen and oxygen atoms in total. The molecule has 1 aromatic heterocycles. The minimum Gasteiger partial charge on any atom is -0.481 e. The van der Waals surface area contributed by atoms with Gasteiger partial charge in [-0.25, -0.2) is 0 Å². The van der Waals surface area contributed by atoms with Gasteiger partial charge in [-0.2, -0.15) is 0 Å². The maximum absolute atomic E-state index is 12.3. The molecule has 4 heteroatoms. The van der Waals surface area contributed by atoms with Gasteiger partial charge in [0, 0.05) is 5.39 Å². The summed E-state index contributed by atoms with van der Waals surface area (Å²) in [5.41, 5.74) is 0.817. The summed E-state index contributed by atoms with van der Waals surface area (Å²) < 4.78 is 11.4. The van der Waals surface area contributed by atoms with Crippen LogP contribution in [0.2, 0.25) is 0 Å². The highest BCUT2D eigenvalue weighted by atomic mass is 16.5. The van der Waals surface area contributed by atoms with Crippen molar-refractivity contribution in [2.45, 2.75) is 26.0 Å². The van der Waals surface area contributed by atoms with Gasteiger partial charge in [0.05, 0.1) is 6.04 Å². The maximum Gasteiger partial charge on any atom is 0.261 e. The zero-order chi connectivity index (χ0) is 16.2. The zero-order valence-electron chi connectivity index (χ0n) is 13.2. The number of para-hydroxylation sites is 2. The van der Waals surface area contributed by atoms with Crippen LogP contribution in [0.1, 0.15) is 25.6 Å². The van der Waals surface area contributed by atoms with Crippen molar-refractivity contribution >= 4 is 16.9 Å². The predicted octanol–water partition coefficient (Wildman–Crippen LogP) is 4.08. The predicted molar refractivity (Wildman–Crippen MR) is 89.3 cm³/mol. The number of carbonyl (C=O) groups is 1. The van der Waals surface area contributed by atoms with Crippen molar-refractivity contribution in [1.29, 1.82) is 0 Å². The van der Waals surface area contributed by atoms with E-state index in [4.69, 9.17) is 9.15 Å². The Kier molecular flexibility index (Phi) is 4.33. The third kappa shape index (κ3) is 3.54. The lowest BCUT2D eigenvalue weighted by Gasteiger charge is -2.17. The lowest BCUT2D eigenvalue weighted by Crippen LogP contribution is -2.37. The summed E-state index contributed by atoms with van der Waals surface area (Å²) in [4.78, 5) is 12.3. The lowest BCUT2D eigenvalue weighted by molar-refractivity contribution is -0.128. The number of nitrogens with one attached hydrogen (secondary N) is 1. The Balaban J connectivity index is 1.64. The van der Waals surface area contributed by atoms with Crippen molar-refractivity contribution < 1.29 is 13.9 Å². The first-order chi connectivity index (χ1) is 11.1. The number of benzene rings is 2. The summed E-state index contributed by atoms with van der Waals surface area (Å²) >= 11 is 0. The average molecular weight is 309 g/mol. The van der Waals surface area contributed by atoms with E-state index in [9.17, 15) is 4.79 Å². The van der Waals surface area contributed by atoms with Gasteiger partial charge in [0.2, 0.25) is 0 Å². The molecule has 1 amide bonds. The number of hydrogen-bond donors (Lipinski definition) is 1. The highest BCUT2D eigenvalue weighted by Crippen LogP contribution is 2.23. The Labute approximate surface area is 135 Å². The molecule has 1 N–H and O–H groups in total. The van der Waals surface area contributed by atoms with Crippen LogP contribution in [0.3, 0.4) is 0 Å². The second-order valence-corrected chi connectivity index (χ2v) is 5.49. The Bertz CT molecular complexity index is 761. The topological polar surface area (TPSA) is 51.5 Å². The van der Waals surface area contributed by atoms with E-state index in [2.05, 4.69) is 5.32 Å². The van der Waals surface area contributed by atoms with Gasteiger partial charge >= 0.3 is 0 Å². The van der Waals surface area contributed by atoms with E-state index >= 15 is 0 Å². The van der Waals surface area contributed by atoms with Gasteiger partial charge in [0.15, 0.2) is 6.10 Å². The molecule has 3 rings (SSSR count). The fourth-order valence-corrected chi connectivity index (χ4v) is 2.37. The van der Waals surface area contributed by atoms with E-state index in [1.807, 2.05) is 67.6 Å². The third-order valence-electron chi connectivity index (χ3n) is 3.66. The van der Waals surface area contributed by atoms with Crippen LogP contribution >= 0.6 is 0 Å². The smallest absolute Gasteiger partial charge is 0.261 e. The Morgan fingerprint density at radius 2 is 1.74 bits per heavy atom. The van der Waals surface area contributed by atoms with E-state index in [0.717, 1.165) is 16.7 Å². The highest BCUT2D eigenvalue weighted by molar-refractivity contribution is 5.82. The average Bonchev–Trinajstić information content (AvgIpc) is 3.00. The maximum atomic E-state index is 12.3. The molecule has 23 heavy (non-hydrogen) atoms. The number of carbonyl (C=O) groups excluding carboxylic acids is 1. The fraction of sp³-hybridized carbons (Fsp3) is 0.211. The molecule has 0 radical (unpaired) electrons. The minimum atomic E-state index is -0.579. The summed E-state index contributed by atoms with van der Waals surface area (Å²) in [7, 11) is 0. The molecule has 0 aliphatic heterocycles. The molecule has 1 heterocycles. The first-order valence-corrected chi connectivity index (χ1v) is 7.64. The second-order valence-electron chi connectivity index (χ2n) is 5.49. The Morgan fingerprint density at radius 1 is 1.04 bits per heavy atom. The summed E-state index contributed by atoms with van der Waals surface area (Å²) in [6.07, 6.45) is -0.579. The van der Waals surface area contributed by atoms with Crippen LogP contribution < -0.4 is 10.1 Å². The van der Waals surface area contributed by atoms with Crippen LogP contribution in [0.25, 0.3) is 11.0 Å². The van der Waals surface area contributed by atoms with Gasteiger partial charge < -0.3 is 14.5 Å². The van der Waals surface area contributed by atoms with Crippen LogP contribution in [0.4, 0.5) is 0 Å². The standard InChI is InChI=1S/C19H19NO3/c1-13(18-12-15-8-6-7-11-17(15)23-18)20-19(21)14(2)22-16-9-4-3-5-10-16/h3-14H,1-2H3,(H,20,21). The van der Waals surface area contributed by atoms with Gasteiger partial charge in [0.25, 0.3) is 5.91 Å². The zero-order valence-corrected chi connectivity index (χ0v) is 13.2.